The standard InChI is InChI=1S/C7H8O2S2/c1-4(8)6-3-7(5(2)9)11-10-6/h3,6H,1-2H3. The van der Waals surface area contributed by atoms with Crippen molar-refractivity contribution < 1.29 is 9.59 Å². The van der Waals surface area contributed by atoms with Crippen LogP contribution in [0.2, 0.25) is 0 Å². The van der Waals surface area contributed by atoms with Crippen LogP contribution in [-0.2, 0) is 9.59 Å². The molecular weight excluding hydrogens is 180 g/mol. The molecule has 2 nitrogen and oxygen atoms in total. The van der Waals surface area contributed by atoms with Gasteiger partial charge in [0.1, 0.15) is 5.78 Å². The maximum atomic E-state index is 10.8. The monoisotopic (exact) mass is 188 g/mol. The molecule has 0 N–H and O–H groups in total. The van der Waals surface area contributed by atoms with Gasteiger partial charge >= 0.3 is 0 Å². The van der Waals surface area contributed by atoms with Crippen molar-refractivity contribution >= 4 is 33.2 Å². The third-order valence-electron chi connectivity index (χ3n) is 1.29. The van der Waals surface area contributed by atoms with E-state index in [1.165, 1.54) is 35.4 Å². The van der Waals surface area contributed by atoms with Crippen LogP contribution in [0.5, 0.6) is 0 Å². The van der Waals surface area contributed by atoms with Gasteiger partial charge < -0.3 is 0 Å². The Labute approximate surface area is 73.2 Å². The van der Waals surface area contributed by atoms with Crippen molar-refractivity contribution in [2.45, 2.75) is 19.1 Å². The van der Waals surface area contributed by atoms with Crippen LogP contribution >= 0.6 is 21.6 Å². The smallest absolute Gasteiger partial charge is 0.166 e. The molecule has 0 aromatic carbocycles. The second-order valence-electron chi connectivity index (χ2n) is 2.30. The van der Waals surface area contributed by atoms with Gasteiger partial charge in [0.2, 0.25) is 0 Å². The van der Waals surface area contributed by atoms with Crippen LogP contribution in [0.3, 0.4) is 0 Å². The maximum Gasteiger partial charge on any atom is 0.166 e. The second-order valence-corrected chi connectivity index (χ2v) is 4.68. The molecule has 0 radical (unpaired) electrons. The molecule has 0 bridgehead atoms. The quantitative estimate of drug-likeness (QED) is 0.619. The molecule has 0 saturated heterocycles. The number of ketones is 2. The molecule has 0 saturated carbocycles. The summed E-state index contributed by atoms with van der Waals surface area (Å²) in [5.41, 5.74) is 0. The van der Waals surface area contributed by atoms with E-state index in [2.05, 4.69) is 0 Å². The van der Waals surface area contributed by atoms with Gasteiger partial charge in [0.25, 0.3) is 0 Å². The zero-order chi connectivity index (χ0) is 8.43. The zero-order valence-corrected chi connectivity index (χ0v) is 7.92. The first-order valence-corrected chi connectivity index (χ1v) is 5.39. The Hall–Kier alpha value is -0.220. The number of carbonyl (C=O) groups is 2. The Kier molecular flexibility index (Phi) is 2.78. The highest BCUT2D eigenvalue weighted by Gasteiger charge is 2.23. The molecule has 0 amide bonds. The fraction of sp³-hybridized carbons (Fsp3) is 0.429. The molecule has 11 heavy (non-hydrogen) atoms. The summed E-state index contributed by atoms with van der Waals surface area (Å²) in [5, 5.41) is -0.112. The molecule has 1 aliphatic rings. The third kappa shape index (κ3) is 2.10. The lowest BCUT2D eigenvalue weighted by molar-refractivity contribution is -0.115. The summed E-state index contributed by atoms with van der Waals surface area (Å²) in [5.74, 6) is 0.157. The van der Waals surface area contributed by atoms with Crippen LogP contribution in [0.25, 0.3) is 0 Å². The van der Waals surface area contributed by atoms with Crippen molar-refractivity contribution in [3.8, 4) is 0 Å². The van der Waals surface area contributed by atoms with Crippen molar-refractivity contribution in [2.75, 3.05) is 0 Å². The van der Waals surface area contributed by atoms with Crippen LogP contribution in [-0.4, -0.2) is 16.8 Å². The van der Waals surface area contributed by atoms with Crippen LogP contribution < -0.4 is 0 Å². The topological polar surface area (TPSA) is 34.1 Å². The number of hydrogen-bond acceptors (Lipinski definition) is 4. The summed E-state index contributed by atoms with van der Waals surface area (Å²) >= 11 is 0. The molecule has 1 aliphatic heterocycles. The molecule has 60 valence electrons. The van der Waals surface area contributed by atoms with E-state index in [-0.39, 0.29) is 16.8 Å². The summed E-state index contributed by atoms with van der Waals surface area (Å²) in [7, 11) is 2.83. The van der Waals surface area contributed by atoms with E-state index in [1.54, 1.807) is 6.08 Å². The average molecular weight is 188 g/mol. The molecule has 0 aliphatic carbocycles. The van der Waals surface area contributed by atoms with Crippen LogP contribution in [0.15, 0.2) is 11.0 Å². The molecule has 0 aromatic rings. The van der Waals surface area contributed by atoms with Gasteiger partial charge in [-0.05, 0) is 19.9 Å². The summed E-state index contributed by atoms with van der Waals surface area (Å²) in [6.07, 6.45) is 1.74. The highest BCUT2D eigenvalue weighted by Crippen LogP contribution is 2.42. The Morgan fingerprint density at radius 1 is 1.45 bits per heavy atom. The van der Waals surface area contributed by atoms with Gasteiger partial charge in [0.05, 0.1) is 10.2 Å². The van der Waals surface area contributed by atoms with E-state index in [1.807, 2.05) is 0 Å². The highest BCUT2D eigenvalue weighted by molar-refractivity contribution is 8.79. The van der Waals surface area contributed by atoms with Crippen molar-refractivity contribution in [1.29, 1.82) is 0 Å². The molecular formula is C7H8O2S2. The minimum atomic E-state index is -0.112. The van der Waals surface area contributed by atoms with Crippen molar-refractivity contribution in [2.24, 2.45) is 0 Å². The SMILES string of the molecule is CC(=O)C1=CC(C(C)=O)SS1. The van der Waals surface area contributed by atoms with E-state index in [0.29, 0.717) is 4.91 Å². The fourth-order valence-corrected chi connectivity index (χ4v) is 3.30. The number of Topliss-reactive ketones (excluding diaryl/α,β-unsaturated/α-hetero) is 2. The van der Waals surface area contributed by atoms with E-state index in [9.17, 15) is 9.59 Å². The molecule has 0 fully saturated rings. The minimum Gasteiger partial charge on any atom is -0.298 e. The number of rotatable bonds is 2. The van der Waals surface area contributed by atoms with E-state index >= 15 is 0 Å². The van der Waals surface area contributed by atoms with Crippen molar-refractivity contribution in [1.82, 2.24) is 0 Å². The molecule has 0 spiro atoms. The lowest BCUT2D eigenvalue weighted by Gasteiger charge is -1.95. The molecule has 1 rings (SSSR count). The predicted molar refractivity (Wildman–Crippen MR) is 48.4 cm³/mol. The van der Waals surface area contributed by atoms with Crippen molar-refractivity contribution in [3.63, 3.8) is 0 Å². The van der Waals surface area contributed by atoms with Crippen LogP contribution in [0.1, 0.15) is 13.8 Å². The van der Waals surface area contributed by atoms with Gasteiger partial charge in [-0.3, -0.25) is 9.59 Å². The Morgan fingerprint density at radius 3 is 2.36 bits per heavy atom. The molecule has 4 heteroatoms. The van der Waals surface area contributed by atoms with Crippen LogP contribution in [0, 0.1) is 0 Å². The summed E-state index contributed by atoms with van der Waals surface area (Å²) < 4.78 is 0. The largest absolute Gasteiger partial charge is 0.298 e. The first kappa shape index (κ1) is 8.87. The molecule has 1 heterocycles. The fourth-order valence-electron chi connectivity index (χ4n) is 0.658. The summed E-state index contributed by atoms with van der Waals surface area (Å²) in [4.78, 5) is 22.3. The van der Waals surface area contributed by atoms with Crippen LogP contribution in [0.4, 0.5) is 0 Å². The van der Waals surface area contributed by atoms with E-state index in [4.69, 9.17) is 0 Å². The Morgan fingerprint density at radius 2 is 2.09 bits per heavy atom. The Balaban J connectivity index is 2.68. The predicted octanol–water partition coefficient (Wildman–Crippen LogP) is 1.81. The zero-order valence-electron chi connectivity index (χ0n) is 6.29. The summed E-state index contributed by atoms with van der Waals surface area (Å²) in [6.45, 7) is 3.06. The van der Waals surface area contributed by atoms with E-state index in [0.717, 1.165) is 0 Å². The molecule has 1 atom stereocenters. The molecule has 0 aromatic heterocycles. The average Bonchev–Trinajstić information content (AvgIpc) is 2.33. The minimum absolute atomic E-state index is 0.0475. The number of hydrogen-bond donors (Lipinski definition) is 0. The Bertz CT molecular complexity index is 233. The van der Waals surface area contributed by atoms with Gasteiger partial charge in [-0.25, -0.2) is 0 Å². The highest BCUT2D eigenvalue weighted by atomic mass is 33.1. The van der Waals surface area contributed by atoms with Gasteiger partial charge in [0, 0.05) is 0 Å². The van der Waals surface area contributed by atoms with Gasteiger partial charge in [-0.2, -0.15) is 0 Å². The van der Waals surface area contributed by atoms with Gasteiger partial charge in [0.15, 0.2) is 5.78 Å². The molecule has 1 unspecified atom stereocenters. The number of allylic oxidation sites excluding steroid dienone is 1. The van der Waals surface area contributed by atoms with E-state index < -0.39 is 0 Å². The maximum absolute atomic E-state index is 10.8. The number of carbonyl (C=O) groups excluding carboxylic acids is 2. The second kappa shape index (κ2) is 3.45. The van der Waals surface area contributed by atoms with Gasteiger partial charge in [-0.15, -0.1) is 0 Å². The summed E-state index contributed by atoms with van der Waals surface area (Å²) in [6, 6.07) is 0. The first-order chi connectivity index (χ1) is 5.11. The van der Waals surface area contributed by atoms with Gasteiger partial charge in [-0.1, -0.05) is 21.6 Å². The van der Waals surface area contributed by atoms with Crippen molar-refractivity contribution in [3.05, 3.63) is 11.0 Å². The lowest BCUT2D eigenvalue weighted by atomic mass is 10.2. The lowest BCUT2D eigenvalue weighted by Crippen LogP contribution is -2.06. The first-order valence-electron chi connectivity index (χ1n) is 3.18. The third-order valence-corrected chi connectivity index (χ3v) is 4.12. The normalized spacial score (nSPS) is 23.1.